The van der Waals surface area contributed by atoms with E-state index >= 15 is 0 Å². The van der Waals surface area contributed by atoms with Crippen LogP contribution in [0.4, 0.5) is 4.39 Å². The van der Waals surface area contributed by atoms with Crippen LogP contribution in [0.3, 0.4) is 0 Å². The summed E-state index contributed by atoms with van der Waals surface area (Å²) in [7, 11) is 0. The molecule has 3 heterocycles. The molecule has 0 unspecified atom stereocenters. The van der Waals surface area contributed by atoms with Crippen LogP contribution in [-0.2, 0) is 13.0 Å². The quantitative estimate of drug-likeness (QED) is 0.613. The van der Waals surface area contributed by atoms with Gasteiger partial charge in [-0.15, -0.1) is 0 Å². The van der Waals surface area contributed by atoms with Gasteiger partial charge in [-0.3, -0.25) is 0 Å². The van der Waals surface area contributed by atoms with Gasteiger partial charge in [-0.05, 0) is 24.6 Å². The smallest absolute Gasteiger partial charge is 0.223 e. The number of nitrogens with zero attached hydrogens (tertiary/aromatic N) is 5. The first-order valence-corrected chi connectivity index (χ1v) is 8.20. The molecule has 0 aliphatic heterocycles. The number of benzene rings is 1. The molecule has 0 fully saturated rings. The van der Waals surface area contributed by atoms with Gasteiger partial charge in [0.2, 0.25) is 5.88 Å². The number of aryl methyl sites for hydroxylation is 1. The molecule has 4 rings (SSSR count). The second kappa shape index (κ2) is 6.51. The molecule has 0 saturated heterocycles. The average Bonchev–Trinajstić information content (AvgIpc) is 3.02. The monoisotopic (exact) mass is 348 g/mol. The zero-order valence-corrected chi connectivity index (χ0v) is 14.0. The van der Waals surface area contributed by atoms with E-state index < -0.39 is 0 Å². The molecule has 0 atom stereocenters. The van der Waals surface area contributed by atoms with Crippen LogP contribution in [-0.4, -0.2) is 29.8 Å². The predicted octanol–water partition coefficient (Wildman–Crippen LogP) is 3.14. The molecule has 4 aromatic rings. The summed E-state index contributed by atoms with van der Waals surface area (Å²) in [5, 5.41) is 15.1. The van der Waals surface area contributed by atoms with Crippen molar-refractivity contribution >= 4 is 11.0 Å². The second-order valence-corrected chi connectivity index (χ2v) is 5.77. The number of halogens is 1. The predicted molar refractivity (Wildman–Crippen MR) is 93.9 cm³/mol. The first kappa shape index (κ1) is 16.1. The molecule has 129 valence electrons. The number of hydrogen-bond acceptors (Lipinski definition) is 5. The fourth-order valence-electron chi connectivity index (χ4n) is 2.78. The van der Waals surface area contributed by atoms with Crippen LogP contribution in [0.2, 0.25) is 0 Å². The number of rotatable bonds is 4. The van der Waals surface area contributed by atoms with Gasteiger partial charge < -0.3 is 5.11 Å². The van der Waals surface area contributed by atoms with Crippen LogP contribution in [0.1, 0.15) is 18.2 Å². The third kappa shape index (κ3) is 2.88. The Kier molecular flexibility index (Phi) is 4.04. The molecule has 1 N–H and O–H groups in total. The highest BCUT2D eigenvalue weighted by Gasteiger charge is 2.17. The Balaban J connectivity index is 1.87. The summed E-state index contributed by atoms with van der Waals surface area (Å²) in [6, 6.07) is 12.9. The summed E-state index contributed by atoms with van der Waals surface area (Å²) < 4.78 is 15.7. The molecule has 0 aliphatic rings. The Morgan fingerprint density at radius 3 is 2.81 bits per heavy atom. The number of aromatic nitrogens is 5. The molecular formula is C19H15FN5O. The van der Waals surface area contributed by atoms with Crippen LogP contribution in [0, 0.1) is 11.9 Å². The maximum Gasteiger partial charge on any atom is 0.223 e. The molecule has 1 radical (unpaired) electrons. The lowest BCUT2D eigenvalue weighted by Crippen LogP contribution is -2.05. The number of pyridine rings is 1. The van der Waals surface area contributed by atoms with Gasteiger partial charge in [0.25, 0.3) is 0 Å². The molecule has 26 heavy (non-hydrogen) atoms. The van der Waals surface area contributed by atoms with Crippen molar-refractivity contribution in [2.75, 3.05) is 0 Å². The van der Waals surface area contributed by atoms with Gasteiger partial charge in [0.1, 0.15) is 11.5 Å². The summed E-state index contributed by atoms with van der Waals surface area (Å²) >= 11 is 0. The largest absolute Gasteiger partial charge is 0.493 e. The van der Waals surface area contributed by atoms with Gasteiger partial charge >= 0.3 is 0 Å². The van der Waals surface area contributed by atoms with Crippen molar-refractivity contribution in [3.63, 3.8) is 0 Å². The van der Waals surface area contributed by atoms with E-state index in [4.69, 9.17) is 0 Å². The highest BCUT2D eigenvalue weighted by atomic mass is 19.1. The normalized spacial score (nSPS) is 11.2. The number of aromatic hydroxyl groups is 1. The Morgan fingerprint density at radius 1 is 1.15 bits per heavy atom. The highest BCUT2D eigenvalue weighted by Crippen LogP contribution is 2.26. The van der Waals surface area contributed by atoms with E-state index in [2.05, 4.69) is 26.1 Å². The van der Waals surface area contributed by atoms with E-state index in [1.54, 1.807) is 35.1 Å². The summed E-state index contributed by atoms with van der Waals surface area (Å²) in [6.07, 6.45) is 2.26. The Hall–Kier alpha value is -3.35. The Labute approximate surface area is 149 Å². The SMILES string of the molecule is CCc1[c]c(O)nc(-c2nn(Cc3ccccc3F)c3ncccc23)n1. The van der Waals surface area contributed by atoms with Crippen LogP contribution in [0.25, 0.3) is 22.6 Å². The van der Waals surface area contributed by atoms with Crippen LogP contribution in [0.15, 0.2) is 42.6 Å². The molecular weight excluding hydrogens is 333 g/mol. The van der Waals surface area contributed by atoms with Gasteiger partial charge in [0.05, 0.1) is 23.7 Å². The van der Waals surface area contributed by atoms with Crippen LogP contribution in [0.5, 0.6) is 5.88 Å². The van der Waals surface area contributed by atoms with E-state index in [-0.39, 0.29) is 18.2 Å². The van der Waals surface area contributed by atoms with Crippen molar-refractivity contribution < 1.29 is 9.50 Å². The minimum absolute atomic E-state index is 0.228. The van der Waals surface area contributed by atoms with Gasteiger partial charge in [-0.25, -0.2) is 19.0 Å². The molecule has 0 amide bonds. The first-order chi connectivity index (χ1) is 12.7. The molecule has 0 spiro atoms. The lowest BCUT2D eigenvalue weighted by atomic mass is 10.2. The van der Waals surface area contributed by atoms with Crippen molar-refractivity contribution in [1.29, 1.82) is 0 Å². The van der Waals surface area contributed by atoms with E-state index in [9.17, 15) is 9.50 Å². The van der Waals surface area contributed by atoms with Crippen LogP contribution >= 0.6 is 0 Å². The van der Waals surface area contributed by atoms with Gasteiger partial charge in [-0.2, -0.15) is 10.1 Å². The number of hydrogen-bond donors (Lipinski definition) is 1. The van der Waals surface area contributed by atoms with Crippen LogP contribution < -0.4 is 0 Å². The number of fused-ring (bicyclic) bond motifs is 1. The summed E-state index contributed by atoms with van der Waals surface area (Å²) in [5.41, 5.74) is 2.19. The topological polar surface area (TPSA) is 76.7 Å². The zero-order chi connectivity index (χ0) is 18.1. The van der Waals surface area contributed by atoms with Crippen molar-refractivity contribution in [3.05, 3.63) is 65.7 Å². The van der Waals surface area contributed by atoms with Crippen molar-refractivity contribution in [1.82, 2.24) is 24.7 Å². The summed E-state index contributed by atoms with van der Waals surface area (Å²) in [6.45, 7) is 2.14. The molecule has 0 aliphatic carbocycles. The lowest BCUT2D eigenvalue weighted by Gasteiger charge is -2.04. The molecule has 7 heteroatoms. The van der Waals surface area contributed by atoms with Gasteiger partial charge in [0, 0.05) is 11.8 Å². The maximum absolute atomic E-state index is 14.0. The van der Waals surface area contributed by atoms with E-state index in [0.29, 0.717) is 34.8 Å². The third-order valence-corrected chi connectivity index (χ3v) is 4.04. The van der Waals surface area contributed by atoms with Crippen molar-refractivity contribution in [2.45, 2.75) is 19.9 Å². The lowest BCUT2D eigenvalue weighted by molar-refractivity contribution is 0.450. The fraction of sp³-hybridized carbons (Fsp3) is 0.158. The maximum atomic E-state index is 14.0. The molecule has 1 aromatic carbocycles. The highest BCUT2D eigenvalue weighted by molar-refractivity contribution is 5.89. The minimum atomic E-state index is -0.301. The average molecular weight is 348 g/mol. The fourth-order valence-corrected chi connectivity index (χ4v) is 2.78. The zero-order valence-electron chi connectivity index (χ0n) is 14.0. The van der Waals surface area contributed by atoms with Crippen molar-refractivity contribution in [2.24, 2.45) is 0 Å². The molecule has 0 bridgehead atoms. The van der Waals surface area contributed by atoms with Gasteiger partial charge in [-0.1, -0.05) is 25.1 Å². The minimum Gasteiger partial charge on any atom is -0.493 e. The molecule has 6 nitrogen and oxygen atoms in total. The Bertz CT molecular complexity index is 1090. The standard InChI is InChI=1S/C19H15FN5O/c1-2-13-10-16(26)23-18(22-13)17-14-7-5-9-21-19(14)25(24-17)11-12-6-3-4-8-15(12)20/h3-9H,2,11H2,1H3,(H,22,23,26). The Morgan fingerprint density at radius 2 is 2.00 bits per heavy atom. The first-order valence-electron chi connectivity index (χ1n) is 8.20. The van der Waals surface area contributed by atoms with E-state index in [1.807, 2.05) is 13.0 Å². The van der Waals surface area contributed by atoms with E-state index in [0.717, 1.165) is 5.39 Å². The summed E-state index contributed by atoms with van der Waals surface area (Å²) in [5.74, 6) is -0.235. The third-order valence-electron chi connectivity index (χ3n) is 4.04. The molecule has 0 saturated carbocycles. The molecule has 3 aromatic heterocycles. The van der Waals surface area contributed by atoms with Crippen molar-refractivity contribution in [3.8, 4) is 17.4 Å². The summed E-state index contributed by atoms with van der Waals surface area (Å²) in [4.78, 5) is 12.8. The van der Waals surface area contributed by atoms with Gasteiger partial charge in [0.15, 0.2) is 11.5 Å². The second-order valence-electron chi connectivity index (χ2n) is 5.77. The van der Waals surface area contributed by atoms with E-state index in [1.165, 1.54) is 6.07 Å².